The third-order valence-electron chi connectivity index (χ3n) is 1.85. The summed E-state index contributed by atoms with van der Waals surface area (Å²) in [6, 6.07) is 0. The number of rotatable bonds is 3. The SMILES string of the molecule is COCCC1(C)SC=CC1=O. The monoisotopic (exact) mass is 172 g/mol. The normalized spacial score (nSPS) is 29.8. The van der Waals surface area contributed by atoms with Gasteiger partial charge in [0.25, 0.3) is 0 Å². The fraction of sp³-hybridized carbons (Fsp3) is 0.625. The fourth-order valence-corrected chi connectivity index (χ4v) is 1.84. The van der Waals surface area contributed by atoms with E-state index in [1.165, 1.54) is 0 Å². The van der Waals surface area contributed by atoms with Crippen LogP contribution in [0.5, 0.6) is 0 Å². The number of ether oxygens (including phenoxy) is 1. The lowest BCUT2D eigenvalue weighted by atomic mass is 10.0. The van der Waals surface area contributed by atoms with Gasteiger partial charge in [0, 0.05) is 13.7 Å². The Morgan fingerprint density at radius 1 is 1.73 bits per heavy atom. The van der Waals surface area contributed by atoms with Gasteiger partial charge in [-0.05, 0) is 24.8 Å². The number of thioether (sulfide) groups is 1. The first-order valence-corrected chi connectivity index (χ1v) is 4.45. The Bertz CT molecular complexity index is 189. The van der Waals surface area contributed by atoms with Crippen LogP contribution in [0.2, 0.25) is 0 Å². The molecule has 0 saturated carbocycles. The largest absolute Gasteiger partial charge is 0.385 e. The Morgan fingerprint density at radius 2 is 2.45 bits per heavy atom. The summed E-state index contributed by atoms with van der Waals surface area (Å²) < 4.78 is 4.67. The molecule has 11 heavy (non-hydrogen) atoms. The van der Waals surface area contributed by atoms with Crippen molar-refractivity contribution in [3.63, 3.8) is 0 Å². The molecule has 0 aliphatic carbocycles. The van der Waals surface area contributed by atoms with E-state index in [2.05, 4.69) is 0 Å². The van der Waals surface area contributed by atoms with E-state index in [-0.39, 0.29) is 10.5 Å². The average molecular weight is 172 g/mol. The van der Waals surface area contributed by atoms with Gasteiger partial charge in [-0.1, -0.05) is 0 Å². The molecule has 0 amide bonds. The lowest BCUT2D eigenvalue weighted by Gasteiger charge is -2.19. The zero-order valence-corrected chi connectivity index (χ0v) is 7.61. The van der Waals surface area contributed by atoms with Crippen molar-refractivity contribution in [1.82, 2.24) is 0 Å². The van der Waals surface area contributed by atoms with Crippen molar-refractivity contribution in [2.75, 3.05) is 13.7 Å². The molecule has 0 fully saturated rings. The maximum atomic E-state index is 11.2. The molecule has 1 aliphatic rings. The van der Waals surface area contributed by atoms with E-state index in [1.54, 1.807) is 24.9 Å². The van der Waals surface area contributed by atoms with E-state index in [4.69, 9.17) is 4.74 Å². The van der Waals surface area contributed by atoms with Gasteiger partial charge in [-0.3, -0.25) is 4.79 Å². The van der Waals surface area contributed by atoms with Crippen molar-refractivity contribution in [2.24, 2.45) is 0 Å². The van der Waals surface area contributed by atoms with Gasteiger partial charge in [0.15, 0.2) is 5.78 Å². The summed E-state index contributed by atoms with van der Waals surface area (Å²) in [6.45, 7) is 2.61. The standard InChI is InChI=1S/C8H12O2S/c1-8(4-5-10-2)7(9)3-6-11-8/h3,6H,4-5H2,1-2H3. The van der Waals surface area contributed by atoms with Crippen LogP contribution >= 0.6 is 11.8 Å². The third-order valence-corrected chi connectivity index (χ3v) is 3.05. The van der Waals surface area contributed by atoms with E-state index in [9.17, 15) is 4.79 Å². The van der Waals surface area contributed by atoms with Gasteiger partial charge in [0.1, 0.15) is 0 Å². The highest BCUT2D eigenvalue weighted by Crippen LogP contribution is 2.35. The summed E-state index contributed by atoms with van der Waals surface area (Å²) in [6.07, 6.45) is 2.43. The molecule has 0 aromatic rings. The lowest BCUT2D eigenvalue weighted by Crippen LogP contribution is -2.28. The van der Waals surface area contributed by atoms with E-state index in [1.807, 2.05) is 12.3 Å². The molecule has 1 aliphatic heterocycles. The Kier molecular flexibility index (Phi) is 2.73. The van der Waals surface area contributed by atoms with Crippen LogP contribution in [0.4, 0.5) is 0 Å². The van der Waals surface area contributed by atoms with Crippen LogP contribution in [0.3, 0.4) is 0 Å². The molecule has 0 N–H and O–H groups in total. The Balaban J connectivity index is 2.48. The van der Waals surface area contributed by atoms with Crippen molar-refractivity contribution < 1.29 is 9.53 Å². The minimum atomic E-state index is -0.254. The Hall–Kier alpha value is -0.280. The number of allylic oxidation sites excluding steroid dienone is 1. The summed E-state index contributed by atoms with van der Waals surface area (Å²) in [7, 11) is 1.65. The molecule has 1 unspecified atom stereocenters. The molecule has 0 saturated heterocycles. The first-order chi connectivity index (χ1) is 5.19. The highest BCUT2D eigenvalue weighted by atomic mass is 32.2. The van der Waals surface area contributed by atoms with Crippen molar-refractivity contribution >= 4 is 17.5 Å². The molecule has 0 spiro atoms. The first-order valence-electron chi connectivity index (χ1n) is 3.57. The number of hydrogen-bond donors (Lipinski definition) is 0. The topological polar surface area (TPSA) is 26.3 Å². The van der Waals surface area contributed by atoms with Gasteiger partial charge in [0.2, 0.25) is 0 Å². The smallest absolute Gasteiger partial charge is 0.172 e. The molecule has 1 rings (SSSR count). The highest BCUT2D eigenvalue weighted by molar-refractivity contribution is 8.04. The molecule has 62 valence electrons. The minimum Gasteiger partial charge on any atom is -0.385 e. The van der Waals surface area contributed by atoms with E-state index in [0.717, 1.165) is 6.42 Å². The van der Waals surface area contributed by atoms with Gasteiger partial charge >= 0.3 is 0 Å². The summed E-state index contributed by atoms with van der Waals surface area (Å²) in [5.41, 5.74) is 0. The summed E-state index contributed by atoms with van der Waals surface area (Å²) in [5.74, 6) is 0.208. The summed E-state index contributed by atoms with van der Waals surface area (Å²) >= 11 is 1.58. The second-order valence-corrected chi connectivity index (χ2v) is 4.17. The molecule has 0 aromatic carbocycles. The number of ketones is 1. The van der Waals surface area contributed by atoms with Crippen molar-refractivity contribution in [3.05, 3.63) is 11.5 Å². The quantitative estimate of drug-likeness (QED) is 0.647. The molecular formula is C8H12O2S. The highest BCUT2D eigenvalue weighted by Gasteiger charge is 2.34. The molecule has 1 heterocycles. The van der Waals surface area contributed by atoms with Crippen LogP contribution in [-0.2, 0) is 9.53 Å². The molecular weight excluding hydrogens is 160 g/mol. The second-order valence-electron chi connectivity index (χ2n) is 2.76. The van der Waals surface area contributed by atoms with Gasteiger partial charge in [-0.25, -0.2) is 0 Å². The van der Waals surface area contributed by atoms with Crippen LogP contribution in [0.25, 0.3) is 0 Å². The van der Waals surface area contributed by atoms with Crippen LogP contribution in [-0.4, -0.2) is 24.2 Å². The zero-order valence-electron chi connectivity index (χ0n) is 6.79. The zero-order chi connectivity index (χ0) is 8.32. The predicted molar refractivity (Wildman–Crippen MR) is 46.6 cm³/mol. The predicted octanol–water partition coefficient (Wildman–Crippen LogP) is 1.61. The van der Waals surface area contributed by atoms with E-state index < -0.39 is 0 Å². The first kappa shape index (κ1) is 8.81. The molecule has 2 nitrogen and oxygen atoms in total. The van der Waals surface area contributed by atoms with Gasteiger partial charge in [0.05, 0.1) is 4.75 Å². The maximum Gasteiger partial charge on any atom is 0.172 e. The average Bonchev–Trinajstić information content (AvgIpc) is 2.30. The van der Waals surface area contributed by atoms with Crippen LogP contribution in [0.1, 0.15) is 13.3 Å². The maximum absolute atomic E-state index is 11.2. The molecule has 0 bridgehead atoms. The molecule has 3 heteroatoms. The number of carbonyl (C=O) groups is 1. The van der Waals surface area contributed by atoms with Crippen molar-refractivity contribution in [1.29, 1.82) is 0 Å². The summed E-state index contributed by atoms with van der Waals surface area (Å²) in [4.78, 5) is 11.2. The molecule has 0 radical (unpaired) electrons. The third kappa shape index (κ3) is 1.84. The van der Waals surface area contributed by atoms with Crippen molar-refractivity contribution in [3.8, 4) is 0 Å². The Morgan fingerprint density at radius 3 is 2.91 bits per heavy atom. The molecule has 0 aromatic heterocycles. The van der Waals surface area contributed by atoms with Crippen LogP contribution < -0.4 is 0 Å². The number of hydrogen-bond acceptors (Lipinski definition) is 3. The van der Waals surface area contributed by atoms with E-state index >= 15 is 0 Å². The van der Waals surface area contributed by atoms with Crippen LogP contribution in [0.15, 0.2) is 11.5 Å². The summed E-state index contributed by atoms with van der Waals surface area (Å²) in [5, 5.41) is 1.86. The van der Waals surface area contributed by atoms with E-state index in [0.29, 0.717) is 6.61 Å². The van der Waals surface area contributed by atoms with Crippen LogP contribution in [0, 0.1) is 0 Å². The van der Waals surface area contributed by atoms with Crippen molar-refractivity contribution in [2.45, 2.75) is 18.1 Å². The second kappa shape index (κ2) is 3.41. The number of carbonyl (C=O) groups excluding carboxylic acids is 1. The van der Waals surface area contributed by atoms with Gasteiger partial charge < -0.3 is 4.74 Å². The number of methoxy groups -OCH3 is 1. The molecule has 1 atom stereocenters. The fourth-order valence-electron chi connectivity index (χ4n) is 0.959. The lowest BCUT2D eigenvalue weighted by molar-refractivity contribution is -0.116. The minimum absolute atomic E-state index is 0.208. The van der Waals surface area contributed by atoms with Gasteiger partial charge in [-0.15, -0.1) is 11.8 Å². The van der Waals surface area contributed by atoms with Gasteiger partial charge in [-0.2, -0.15) is 0 Å². The Labute approximate surface area is 71.0 Å².